The van der Waals surface area contributed by atoms with Crippen LogP contribution in [0.2, 0.25) is 0 Å². The highest BCUT2D eigenvalue weighted by Gasteiger charge is 2.17. The first-order chi connectivity index (χ1) is 9.42. The highest BCUT2D eigenvalue weighted by atomic mass is 32.2. The van der Waals surface area contributed by atoms with Crippen molar-refractivity contribution in [2.75, 3.05) is 12.3 Å². The summed E-state index contributed by atoms with van der Waals surface area (Å²) in [4.78, 5) is 0.283. The second kappa shape index (κ2) is 5.81. The summed E-state index contributed by atoms with van der Waals surface area (Å²) >= 11 is 0. The minimum absolute atomic E-state index is 0.283. The molecule has 0 heterocycles. The summed E-state index contributed by atoms with van der Waals surface area (Å²) in [6, 6.07) is 10.5. The summed E-state index contributed by atoms with van der Waals surface area (Å²) in [7, 11) is -3.50. The lowest BCUT2D eigenvalue weighted by Gasteiger charge is -2.11. The first-order valence-electron chi connectivity index (χ1n) is 6.68. The van der Waals surface area contributed by atoms with Crippen molar-refractivity contribution >= 4 is 26.5 Å². The number of nitrogen functional groups attached to an aromatic ring is 1. The maximum absolute atomic E-state index is 12.4. The molecular formula is C15H20N2O2S. The molecule has 3 N–H and O–H groups in total. The molecule has 0 bridgehead atoms. The highest BCUT2D eigenvalue weighted by Crippen LogP contribution is 2.27. The van der Waals surface area contributed by atoms with E-state index in [1.54, 1.807) is 18.2 Å². The van der Waals surface area contributed by atoms with Gasteiger partial charge >= 0.3 is 0 Å². The molecule has 0 aliphatic rings. The third-order valence-corrected chi connectivity index (χ3v) is 4.74. The Labute approximate surface area is 120 Å². The predicted molar refractivity (Wildman–Crippen MR) is 83.0 cm³/mol. The molecule has 108 valence electrons. The summed E-state index contributed by atoms with van der Waals surface area (Å²) in [5.74, 6) is 0.459. The van der Waals surface area contributed by atoms with Gasteiger partial charge in [0.15, 0.2) is 0 Å². The van der Waals surface area contributed by atoms with Crippen molar-refractivity contribution in [2.24, 2.45) is 5.92 Å². The van der Waals surface area contributed by atoms with E-state index in [1.807, 2.05) is 18.2 Å². The number of rotatable bonds is 5. The lowest BCUT2D eigenvalue weighted by Crippen LogP contribution is -2.25. The number of nitrogens with one attached hydrogen (secondary N) is 1. The fourth-order valence-electron chi connectivity index (χ4n) is 2.09. The van der Waals surface area contributed by atoms with Gasteiger partial charge in [0, 0.05) is 23.0 Å². The molecule has 0 aliphatic carbocycles. The van der Waals surface area contributed by atoms with Crippen LogP contribution in [0.1, 0.15) is 20.3 Å². The molecule has 5 heteroatoms. The molecule has 0 amide bonds. The van der Waals surface area contributed by atoms with Crippen molar-refractivity contribution in [3.8, 4) is 0 Å². The van der Waals surface area contributed by atoms with E-state index >= 15 is 0 Å². The van der Waals surface area contributed by atoms with Crippen LogP contribution in [0.15, 0.2) is 41.3 Å². The molecule has 0 atom stereocenters. The average molecular weight is 292 g/mol. The Balaban J connectivity index is 2.40. The van der Waals surface area contributed by atoms with E-state index in [-0.39, 0.29) is 4.90 Å². The van der Waals surface area contributed by atoms with Crippen molar-refractivity contribution in [1.82, 2.24) is 4.72 Å². The topological polar surface area (TPSA) is 72.2 Å². The molecule has 2 rings (SSSR count). The maximum Gasteiger partial charge on any atom is 0.241 e. The Morgan fingerprint density at radius 3 is 2.40 bits per heavy atom. The van der Waals surface area contributed by atoms with Crippen LogP contribution in [0.3, 0.4) is 0 Å². The van der Waals surface area contributed by atoms with Gasteiger partial charge in [0.2, 0.25) is 10.0 Å². The van der Waals surface area contributed by atoms with E-state index in [0.29, 0.717) is 23.5 Å². The van der Waals surface area contributed by atoms with E-state index in [4.69, 9.17) is 5.73 Å². The molecule has 0 fully saturated rings. The zero-order valence-electron chi connectivity index (χ0n) is 11.8. The van der Waals surface area contributed by atoms with Crippen LogP contribution in [0.4, 0.5) is 5.69 Å². The SMILES string of the molecule is CC(C)CCNS(=O)(=O)c1ccc(N)c2ccccc12. The second-order valence-electron chi connectivity index (χ2n) is 5.28. The zero-order valence-corrected chi connectivity index (χ0v) is 12.6. The number of benzene rings is 2. The van der Waals surface area contributed by atoms with Gasteiger partial charge in [-0.15, -0.1) is 0 Å². The van der Waals surface area contributed by atoms with Gasteiger partial charge < -0.3 is 5.73 Å². The van der Waals surface area contributed by atoms with Gasteiger partial charge in [-0.2, -0.15) is 0 Å². The molecule has 4 nitrogen and oxygen atoms in total. The molecule has 0 aliphatic heterocycles. The largest absolute Gasteiger partial charge is 0.398 e. The normalized spacial score (nSPS) is 12.2. The van der Waals surface area contributed by atoms with Gasteiger partial charge in [-0.25, -0.2) is 13.1 Å². The third kappa shape index (κ3) is 3.11. The summed E-state index contributed by atoms with van der Waals surface area (Å²) < 4.78 is 27.4. The number of hydrogen-bond acceptors (Lipinski definition) is 3. The van der Waals surface area contributed by atoms with Crippen LogP contribution >= 0.6 is 0 Å². The van der Waals surface area contributed by atoms with Gasteiger partial charge in [0.25, 0.3) is 0 Å². The predicted octanol–water partition coefficient (Wildman–Crippen LogP) is 2.75. The smallest absolute Gasteiger partial charge is 0.241 e. The molecule has 2 aromatic carbocycles. The van der Waals surface area contributed by atoms with E-state index in [9.17, 15) is 8.42 Å². The molecule has 0 aromatic heterocycles. The Bertz CT molecular complexity index is 709. The standard InChI is InChI=1S/C15H20N2O2S/c1-11(2)9-10-17-20(18,19)15-8-7-14(16)12-5-3-4-6-13(12)15/h3-8,11,17H,9-10,16H2,1-2H3. The van der Waals surface area contributed by atoms with E-state index in [2.05, 4.69) is 18.6 Å². The lowest BCUT2D eigenvalue weighted by molar-refractivity contribution is 0.552. The molecule has 0 radical (unpaired) electrons. The van der Waals surface area contributed by atoms with Crippen LogP contribution in [-0.4, -0.2) is 15.0 Å². The van der Waals surface area contributed by atoms with Crippen molar-refractivity contribution < 1.29 is 8.42 Å². The van der Waals surface area contributed by atoms with Crippen molar-refractivity contribution in [3.63, 3.8) is 0 Å². The van der Waals surface area contributed by atoms with Crippen LogP contribution in [0.5, 0.6) is 0 Å². The summed E-state index contributed by atoms with van der Waals surface area (Å²) in [6.45, 7) is 4.57. The van der Waals surface area contributed by atoms with Crippen molar-refractivity contribution in [1.29, 1.82) is 0 Å². The van der Waals surface area contributed by atoms with Gasteiger partial charge in [-0.1, -0.05) is 38.1 Å². The quantitative estimate of drug-likeness (QED) is 0.832. The molecule has 0 saturated carbocycles. The van der Waals surface area contributed by atoms with Gasteiger partial charge in [0.1, 0.15) is 0 Å². The summed E-state index contributed by atoms with van der Waals surface area (Å²) in [6.07, 6.45) is 0.812. The number of anilines is 1. The molecule has 2 aromatic rings. The van der Waals surface area contributed by atoms with Crippen LogP contribution in [-0.2, 0) is 10.0 Å². The van der Waals surface area contributed by atoms with Crippen molar-refractivity contribution in [3.05, 3.63) is 36.4 Å². The first-order valence-corrected chi connectivity index (χ1v) is 8.17. The Hall–Kier alpha value is -1.59. The molecular weight excluding hydrogens is 272 g/mol. The molecule has 0 unspecified atom stereocenters. The Kier molecular flexibility index (Phi) is 4.30. The number of fused-ring (bicyclic) bond motifs is 1. The number of hydrogen-bond donors (Lipinski definition) is 2. The first kappa shape index (κ1) is 14.8. The lowest BCUT2D eigenvalue weighted by atomic mass is 10.1. The van der Waals surface area contributed by atoms with Gasteiger partial charge in [0.05, 0.1) is 4.90 Å². The molecule has 20 heavy (non-hydrogen) atoms. The molecule has 0 saturated heterocycles. The maximum atomic E-state index is 12.4. The summed E-state index contributed by atoms with van der Waals surface area (Å²) in [5.41, 5.74) is 6.48. The fourth-order valence-corrected chi connectivity index (χ4v) is 3.35. The molecule has 0 spiro atoms. The Morgan fingerprint density at radius 1 is 1.10 bits per heavy atom. The zero-order chi connectivity index (χ0) is 14.8. The number of nitrogens with two attached hydrogens (primary N) is 1. The minimum Gasteiger partial charge on any atom is -0.398 e. The van der Waals surface area contributed by atoms with E-state index in [0.717, 1.165) is 11.8 Å². The van der Waals surface area contributed by atoms with Crippen LogP contribution in [0, 0.1) is 5.92 Å². The monoisotopic (exact) mass is 292 g/mol. The van der Waals surface area contributed by atoms with E-state index in [1.165, 1.54) is 0 Å². The minimum atomic E-state index is -3.50. The number of sulfonamides is 1. The highest BCUT2D eigenvalue weighted by molar-refractivity contribution is 7.89. The average Bonchev–Trinajstić information content (AvgIpc) is 2.38. The fraction of sp³-hybridized carbons (Fsp3) is 0.333. The van der Waals surface area contributed by atoms with Gasteiger partial charge in [-0.3, -0.25) is 0 Å². The Morgan fingerprint density at radius 2 is 1.75 bits per heavy atom. The van der Waals surface area contributed by atoms with Crippen molar-refractivity contribution in [2.45, 2.75) is 25.2 Å². The van der Waals surface area contributed by atoms with Crippen LogP contribution in [0.25, 0.3) is 10.8 Å². The third-order valence-electron chi connectivity index (χ3n) is 3.22. The second-order valence-corrected chi connectivity index (χ2v) is 7.01. The van der Waals surface area contributed by atoms with Crippen LogP contribution < -0.4 is 10.5 Å². The van der Waals surface area contributed by atoms with Gasteiger partial charge in [-0.05, 0) is 24.5 Å². The van der Waals surface area contributed by atoms with E-state index < -0.39 is 10.0 Å². The summed E-state index contributed by atoms with van der Waals surface area (Å²) in [5, 5.41) is 1.42.